The van der Waals surface area contributed by atoms with Crippen LogP contribution in [-0.4, -0.2) is 0 Å². The van der Waals surface area contributed by atoms with Crippen molar-refractivity contribution in [2.75, 3.05) is 0 Å². The first kappa shape index (κ1) is 34.2. The molecule has 45 heavy (non-hydrogen) atoms. The fraction of sp³-hybridized carbons (Fsp3) is 0.333. The number of hydrogen-bond acceptors (Lipinski definition) is 0. The van der Waals surface area contributed by atoms with Crippen LogP contribution in [0.15, 0.2) is 96.1 Å². The third-order valence-corrected chi connectivity index (χ3v) is 23.7. The van der Waals surface area contributed by atoms with Gasteiger partial charge in [0.1, 0.15) is 0 Å². The van der Waals surface area contributed by atoms with E-state index in [4.69, 9.17) is 0 Å². The average molecular weight is 713 g/mol. The second kappa shape index (κ2) is 14.3. The fourth-order valence-electron chi connectivity index (χ4n) is 8.61. The molecule has 3 aliphatic rings. The first-order chi connectivity index (χ1) is 21.1. The molecule has 0 saturated carbocycles. The number of benzene rings is 4. The van der Waals surface area contributed by atoms with E-state index in [1.54, 1.807) is 33.4 Å². The van der Waals surface area contributed by atoms with E-state index < -0.39 is 20.3 Å². The van der Waals surface area contributed by atoms with Crippen LogP contribution in [0.25, 0.3) is 34.4 Å². The molecule has 2 atom stereocenters. The normalized spacial score (nSPS) is 18.0. The molecule has 0 spiro atoms. The molecular formula is C42H46Cl2Zr. The number of aryl methyl sites for hydroxylation is 2. The molecule has 0 N–H and O–H groups in total. The van der Waals surface area contributed by atoms with Gasteiger partial charge < -0.3 is 24.8 Å². The monoisotopic (exact) mass is 710 g/mol. The van der Waals surface area contributed by atoms with Crippen LogP contribution >= 0.6 is 0 Å². The summed E-state index contributed by atoms with van der Waals surface area (Å²) in [5.41, 5.74) is 18.8. The summed E-state index contributed by atoms with van der Waals surface area (Å²) < 4.78 is 4.47. The Bertz CT molecular complexity index is 1590. The van der Waals surface area contributed by atoms with E-state index in [9.17, 15) is 0 Å². The molecule has 0 radical (unpaired) electrons. The minimum Gasteiger partial charge on any atom is -1.00 e. The first-order valence-corrected chi connectivity index (χ1v) is 23.2. The molecule has 7 rings (SSSR count). The molecule has 4 aromatic rings. The van der Waals surface area contributed by atoms with Crippen molar-refractivity contribution in [3.05, 3.63) is 129 Å². The van der Waals surface area contributed by atoms with Gasteiger partial charge in [-0.3, -0.25) is 0 Å². The Kier molecular flexibility index (Phi) is 10.9. The fourth-order valence-corrected chi connectivity index (χ4v) is 26.6. The van der Waals surface area contributed by atoms with E-state index in [-0.39, 0.29) is 24.8 Å². The number of allylic oxidation sites excluding steroid dienone is 2. The summed E-state index contributed by atoms with van der Waals surface area (Å²) in [6.07, 6.45) is 13.0. The van der Waals surface area contributed by atoms with Gasteiger partial charge in [-0.2, -0.15) is 0 Å². The van der Waals surface area contributed by atoms with E-state index in [1.165, 1.54) is 80.2 Å². The number of rotatable bonds is 10. The third-order valence-electron chi connectivity index (χ3n) is 10.8. The molecule has 2 unspecified atom stereocenters. The van der Waals surface area contributed by atoms with Gasteiger partial charge in [-0.05, 0) is 0 Å². The van der Waals surface area contributed by atoms with Crippen LogP contribution < -0.4 is 24.8 Å². The molecule has 2 aliphatic carbocycles. The Hall–Kier alpha value is -2.18. The number of hydrogen-bond donors (Lipinski definition) is 0. The Morgan fingerprint density at radius 3 is 1.31 bits per heavy atom. The SMILES string of the molecule is CCCCC1=Cc2c(-c3ccccc3)ccc(C)c2[CH]1[Zr+2]1([CH]2C(CCCC)=Cc3c(-c4ccccc4)ccc(C)c32)[CH2][CH2]1.[Cl-].[Cl-]. The van der Waals surface area contributed by atoms with Crippen molar-refractivity contribution in [3.63, 3.8) is 0 Å². The summed E-state index contributed by atoms with van der Waals surface area (Å²) in [5, 5.41) is 0. The van der Waals surface area contributed by atoms with E-state index >= 15 is 0 Å². The summed E-state index contributed by atoms with van der Waals surface area (Å²) in [6.45, 7) is 9.55. The van der Waals surface area contributed by atoms with Crippen molar-refractivity contribution in [1.29, 1.82) is 0 Å². The van der Waals surface area contributed by atoms with Crippen molar-refractivity contribution in [2.24, 2.45) is 0 Å². The van der Waals surface area contributed by atoms with Crippen LogP contribution in [0.2, 0.25) is 8.26 Å². The van der Waals surface area contributed by atoms with Crippen molar-refractivity contribution in [3.8, 4) is 22.3 Å². The molecule has 1 saturated heterocycles. The van der Waals surface area contributed by atoms with E-state index in [0.717, 1.165) is 0 Å². The Labute approximate surface area is 288 Å². The van der Waals surface area contributed by atoms with Gasteiger partial charge in [0.15, 0.2) is 0 Å². The Morgan fingerprint density at radius 1 is 0.556 bits per heavy atom. The van der Waals surface area contributed by atoms with Gasteiger partial charge in [0, 0.05) is 0 Å². The summed E-state index contributed by atoms with van der Waals surface area (Å²) >= 11 is -2.80. The Morgan fingerprint density at radius 2 is 0.956 bits per heavy atom. The summed E-state index contributed by atoms with van der Waals surface area (Å²) in [7, 11) is 0. The molecule has 0 bridgehead atoms. The zero-order valence-electron chi connectivity index (χ0n) is 27.3. The van der Waals surface area contributed by atoms with Crippen molar-refractivity contribution in [2.45, 2.75) is 81.7 Å². The van der Waals surface area contributed by atoms with Gasteiger partial charge in [0.25, 0.3) is 0 Å². The quantitative estimate of drug-likeness (QED) is 0.174. The molecule has 0 nitrogen and oxygen atoms in total. The molecule has 3 heteroatoms. The smallest absolute Gasteiger partial charge is 1.00 e. The first-order valence-electron chi connectivity index (χ1n) is 16.9. The number of unbranched alkanes of at least 4 members (excludes halogenated alkanes) is 2. The molecule has 232 valence electrons. The third kappa shape index (κ3) is 6.04. The van der Waals surface area contributed by atoms with Gasteiger partial charge in [-0.15, -0.1) is 0 Å². The zero-order valence-corrected chi connectivity index (χ0v) is 31.3. The van der Waals surface area contributed by atoms with E-state index in [1.807, 2.05) is 0 Å². The molecular weight excluding hydrogens is 667 g/mol. The summed E-state index contributed by atoms with van der Waals surface area (Å²) in [5.74, 6) is 0. The van der Waals surface area contributed by atoms with Gasteiger partial charge in [0.2, 0.25) is 0 Å². The van der Waals surface area contributed by atoms with Crippen molar-refractivity contribution >= 4 is 12.2 Å². The maximum absolute atomic E-state index is 2.80. The van der Waals surface area contributed by atoms with Gasteiger partial charge in [-0.25, -0.2) is 0 Å². The minimum absolute atomic E-state index is 0. The molecule has 1 fully saturated rings. The molecule has 1 aliphatic heterocycles. The van der Waals surface area contributed by atoms with E-state index in [2.05, 4.69) is 125 Å². The van der Waals surface area contributed by atoms with Crippen LogP contribution in [-0.2, 0) is 20.3 Å². The van der Waals surface area contributed by atoms with Crippen LogP contribution in [0.1, 0.15) is 93.0 Å². The van der Waals surface area contributed by atoms with Gasteiger partial charge in [0.05, 0.1) is 0 Å². The maximum atomic E-state index is 2.69. The topological polar surface area (TPSA) is 0 Å². The summed E-state index contributed by atoms with van der Waals surface area (Å²) in [6, 6.07) is 32.0. The Balaban J connectivity index is 0.00000200. The standard InChI is InChI=1S/2C20H21.C2H4.2ClH.Zr/c2*1-3-4-8-16-13-19-15(2)11-12-18(20(19)14-16)17-9-6-5-7-10-17;1-2;;;/h2*5-7,9-14H,3-4,8H2,1-2H3;1-2H2;2*1H;/q;;;;;+2/p-2. The minimum atomic E-state index is -2.80. The van der Waals surface area contributed by atoms with Crippen LogP contribution in [0.3, 0.4) is 0 Å². The molecule has 4 aromatic carbocycles. The largest absolute Gasteiger partial charge is 1.00 e. The van der Waals surface area contributed by atoms with Crippen molar-refractivity contribution < 1.29 is 45.1 Å². The average Bonchev–Trinajstić information content (AvgIpc) is 3.57. The van der Waals surface area contributed by atoms with E-state index in [0.29, 0.717) is 7.25 Å². The van der Waals surface area contributed by atoms with Gasteiger partial charge in [-0.1, -0.05) is 0 Å². The zero-order chi connectivity index (χ0) is 29.6. The van der Waals surface area contributed by atoms with Crippen molar-refractivity contribution in [1.82, 2.24) is 0 Å². The number of halogens is 2. The predicted molar refractivity (Wildman–Crippen MR) is 183 cm³/mol. The van der Waals surface area contributed by atoms with Crippen LogP contribution in [0.5, 0.6) is 0 Å². The number of fused-ring (bicyclic) bond motifs is 2. The molecule has 1 heterocycles. The van der Waals surface area contributed by atoms with Crippen LogP contribution in [0, 0.1) is 13.8 Å². The maximum Gasteiger partial charge on any atom is -1.00 e. The molecule has 0 aromatic heterocycles. The van der Waals surface area contributed by atoms with Crippen LogP contribution in [0.4, 0.5) is 0 Å². The second-order valence-corrected chi connectivity index (χ2v) is 24.9. The summed E-state index contributed by atoms with van der Waals surface area (Å²) in [4.78, 5) is 0. The van der Waals surface area contributed by atoms with Gasteiger partial charge >= 0.3 is 266 Å². The second-order valence-electron chi connectivity index (χ2n) is 13.5. The molecule has 0 amide bonds. The predicted octanol–water partition coefficient (Wildman–Crippen LogP) is 6.61.